The van der Waals surface area contributed by atoms with Crippen molar-refractivity contribution in [2.75, 3.05) is 0 Å². The molecule has 1 aromatic heterocycles. The van der Waals surface area contributed by atoms with Gasteiger partial charge < -0.3 is 5.11 Å². The molecule has 0 saturated heterocycles. The lowest BCUT2D eigenvalue weighted by Gasteiger charge is -2.13. The van der Waals surface area contributed by atoms with Gasteiger partial charge in [-0.1, -0.05) is 18.2 Å². The summed E-state index contributed by atoms with van der Waals surface area (Å²) in [5.41, 5.74) is 1.90. The van der Waals surface area contributed by atoms with Gasteiger partial charge in [-0.2, -0.15) is 0 Å². The smallest absolute Gasteiger partial charge is 0.310 e. The maximum Gasteiger partial charge on any atom is 0.310 e. The van der Waals surface area contributed by atoms with E-state index in [9.17, 15) is 4.79 Å². The molecule has 0 saturated carbocycles. The van der Waals surface area contributed by atoms with E-state index in [-0.39, 0.29) is 0 Å². The van der Waals surface area contributed by atoms with Gasteiger partial charge >= 0.3 is 5.97 Å². The molecule has 0 fully saturated rings. The van der Waals surface area contributed by atoms with Crippen molar-refractivity contribution in [2.24, 2.45) is 5.92 Å². The molecule has 3 nitrogen and oxygen atoms in total. The maximum absolute atomic E-state index is 10.7. The third-order valence-electron chi connectivity index (χ3n) is 2.16. The molecular weight excluding hydrogens is 166 g/mol. The number of hydrogen-bond donors (Lipinski definition) is 1. The minimum atomic E-state index is -0.785. The lowest BCUT2D eigenvalue weighted by Crippen LogP contribution is -2.17. The number of hydrogen-bond acceptors (Lipinski definition) is 2. The molecule has 1 aliphatic carbocycles. The lowest BCUT2D eigenvalue weighted by molar-refractivity contribution is -0.140. The summed E-state index contributed by atoms with van der Waals surface area (Å²) in [6, 6.07) is 3.79. The summed E-state index contributed by atoms with van der Waals surface area (Å²) in [4.78, 5) is 14.8. The molecule has 1 heterocycles. The van der Waals surface area contributed by atoms with Gasteiger partial charge in [0.25, 0.3) is 0 Å². The highest BCUT2D eigenvalue weighted by molar-refractivity contribution is 5.76. The van der Waals surface area contributed by atoms with Crippen LogP contribution < -0.4 is 0 Å². The van der Waals surface area contributed by atoms with E-state index < -0.39 is 11.9 Å². The molecule has 0 bridgehead atoms. The number of carbonyl (C=O) groups is 1. The highest BCUT2D eigenvalue weighted by atomic mass is 16.4. The van der Waals surface area contributed by atoms with E-state index in [1.807, 2.05) is 18.2 Å². The summed E-state index contributed by atoms with van der Waals surface area (Å²) in [5.74, 6) is -1.20. The molecule has 0 spiro atoms. The standard InChI is InChI=1S/C10H9NO2/c12-10(13)8-4-3-7-2-1-5-11-9(7)6-8/h1-5,8H,6H2,(H,12,13). The summed E-state index contributed by atoms with van der Waals surface area (Å²) in [6.45, 7) is 0. The topological polar surface area (TPSA) is 50.2 Å². The van der Waals surface area contributed by atoms with E-state index in [0.29, 0.717) is 6.42 Å². The van der Waals surface area contributed by atoms with Crippen molar-refractivity contribution in [1.29, 1.82) is 0 Å². The van der Waals surface area contributed by atoms with Crippen molar-refractivity contribution < 1.29 is 9.90 Å². The molecule has 1 N–H and O–H groups in total. The predicted octanol–water partition coefficient (Wildman–Crippen LogP) is 1.35. The highest BCUT2D eigenvalue weighted by Crippen LogP contribution is 2.20. The van der Waals surface area contributed by atoms with E-state index in [1.54, 1.807) is 12.3 Å². The van der Waals surface area contributed by atoms with Gasteiger partial charge in [0.1, 0.15) is 0 Å². The van der Waals surface area contributed by atoms with Crippen LogP contribution in [-0.2, 0) is 11.2 Å². The molecule has 0 amide bonds. The van der Waals surface area contributed by atoms with Crippen LogP contribution in [0.1, 0.15) is 11.3 Å². The van der Waals surface area contributed by atoms with E-state index in [0.717, 1.165) is 11.3 Å². The Bertz CT molecular complexity index is 371. The Labute approximate surface area is 75.7 Å². The number of nitrogens with zero attached hydrogens (tertiary/aromatic N) is 1. The van der Waals surface area contributed by atoms with Crippen molar-refractivity contribution in [1.82, 2.24) is 4.98 Å². The minimum absolute atomic E-state index is 0.414. The average molecular weight is 175 g/mol. The summed E-state index contributed by atoms with van der Waals surface area (Å²) >= 11 is 0. The van der Waals surface area contributed by atoms with Crippen LogP contribution in [0.5, 0.6) is 0 Å². The van der Waals surface area contributed by atoms with Gasteiger partial charge in [0.2, 0.25) is 0 Å². The minimum Gasteiger partial charge on any atom is -0.481 e. The fraction of sp³-hybridized carbons (Fsp3) is 0.200. The highest BCUT2D eigenvalue weighted by Gasteiger charge is 2.19. The Morgan fingerprint density at radius 3 is 3.23 bits per heavy atom. The first-order valence-electron chi connectivity index (χ1n) is 4.12. The van der Waals surface area contributed by atoms with Crippen LogP contribution >= 0.6 is 0 Å². The first kappa shape index (κ1) is 7.98. The molecule has 1 unspecified atom stereocenters. The number of aromatic nitrogens is 1. The van der Waals surface area contributed by atoms with Gasteiger partial charge in [-0.15, -0.1) is 0 Å². The molecule has 66 valence electrons. The van der Waals surface area contributed by atoms with Crippen LogP contribution in [0.2, 0.25) is 0 Å². The third kappa shape index (κ3) is 1.45. The maximum atomic E-state index is 10.7. The Hall–Kier alpha value is -1.64. The molecule has 3 heteroatoms. The molecule has 0 radical (unpaired) electrons. The molecule has 0 aromatic carbocycles. The normalized spacial score (nSPS) is 19.5. The number of carboxylic acid groups (broad SMARTS) is 1. The monoisotopic (exact) mass is 175 g/mol. The van der Waals surface area contributed by atoms with Gasteiger partial charge in [-0.05, 0) is 11.6 Å². The fourth-order valence-electron chi connectivity index (χ4n) is 1.44. The number of pyridine rings is 1. The van der Waals surface area contributed by atoms with Crippen LogP contribution in [0.3, 0.4) is 0 Å². The molecule has 1 aliphatic rings. The third-order valence-corrected chi connectivity index (χ3v) is 2.16. The zero-order valence-corrected chi connectivity index (χ0v) is 6.97. The average Bonchev–Trinajstić information content (AvgIpc) is 2.17. The van der Waals surface area contributed by atoms with Gasteiger partial charge in [0, 0.05) is 18.3 Å². The molecule has 2 rings (SSSR count). The Kier molecular flexibility index (Phi) is 1.85. The van der Waals surface area contributed by atoms with Crippen molar-refractivity contribution in [3.63, 3.8) is 0 Å². The van der Waals surface area contributed by atoms with Gasteiger partial charge in [0.15, 0.2) is 0 Å². The van der Waals surface area contributed by atoms with Crippen molar-refractivity contribution in [3.8, 4) is 0 Å². The van der Waals surface area contributed by atoms with Gasteiger partial charge in [-0.3, -0.25) is 9.78 Å². The van der Waals surface area contributed by atoms with Crippen LogP contribution in [-0.4, -0.2) is 16.1 Å². The second-order valence-electron chi connectivity index (χ2n) is 3.05. The number of fused-ring (bicyclic) bond motifs is 1. The zero-order valence-electron chi connectivity index (χ0n) is 6.97. The molecule has 0 aliphatic heterocycles. The van der Waals surface area contributed by atoms with Gasteiger partial charge in [-0.25, -0.2) is 0 Å². The second-order valence-corrected chi connectivity index (χ2v) is 3.05. The molecular formula is C10H9NO2. The summed E-state index contributed by atoms with van der Waals surface area (Å²) in [7, 11) is 0. The van der Waals surface area contributed by atoms with E-state index in [1.165, 1.54) is 0 Å². The molecule has 1 aromatic rings. The molecule has 13 heavy (non-hydrogen) atoms. The predicted molar refractivity (Wildman–Crippen MR) is 48.1 cm³/mol. The summed E-state index contributed by atoms with van der Waals surface area (Å²) in [6.07, 6.45) is 5.73. The second kappa shape index (κ2) is 3.01. The van der Waals surface area contributed by atoms with Crippen LogP contribution in [0.4, 0.5) is 0 Å². The van der Waals surface area contributed by atoms with Crippen molar-refractivity contribution in [3.05, 3.63) is 35.7 Å². The van der Waals surface area contributed by atoms with Crippen LogP contribution in [0, 0.1) is 5.92 Å². The first-order chi connectivity index (χ1) is 6.27. The first-order valence-corrected chi connectivity index (χ1v) is 4.12. The van der Waals surface area contributed by atoms with Crippen LogP contribution in [0.25, 0.3) is 6.08 Å². The largest absolute Gasteiger partial charge is 0.481 e. The van der Waals surface area contributed by atoms with Gasteiger partial charge in [0.05, 0.1) is 5.92 Å². The Morgan fingerprint density at radius 2 is 2.46 bits per heavy atom. The van der Waals surface area contributed by atoms with E-state index >= 15 is 0 Å². The number of carboxylic acids is 1. The summed E-state index contributed by atoms with van der Waals surface area (Å²) in [5, 5.41) is 8.78. The quantitative estimate of drug-likeness (QED) is 0.700. The lowest BCUT2D eigenvalue weighted by atomic mass is 9.94. The number of rotatable bonds is 1. The van der Waals surface area contributed by atoms with Crippen molar-refractivity contribution >= 4 is 12.0 Å². The fourth-order valence-corrected chi connectivity index (χ4v) is 1.44. The number of aliphatic carboxylic acids is 1. The van der Waals surface area contributed by atoms with Crippen LogP contribution in [0.15, 0.2) is 24.4 Å². The molecule has 1 atom stereocenters. The Balaban J connectivity index is 2.34. The SMILES string of the molecule is O=C(O)C1C=Cc2cccnc2C1. The summed E-state index contributed by atoms with van der Waals surface area (Å²) < 4.78 is 0. The Morgan fingerprint density at radius 1 is 1.62 bits per heavy atom. The van der Waals surface area contributed by atoms with E-state index in [4.69, 9.17) is 5.11 Å². The van der Waals surface area contributed by atoms with E-state index in [2.05, 4.69) is 4.98 Å². The van der Waals surface area contributed by atoms with Crippen molar-refractivity contribution in [2.45, 2.75) is 6.42 Å². The zero-order chi connectivity index (χ0) is 9.26.